The molecule has 0 unspecified atom stereocenters. The average Bonchev–Trinajstić information content (AvgIpc) is 2.38. The molecule has 2 rings (SSSR count). The molecule has 0 atom stereocenters. The number of para-hydroxylation sites is 1. The highest BCUT2D eigenvalue weighted by atomic mass is 127. The van der Waals surface area contributed by atoms with Gasteiger partial charge in [-0.3, -0.25) is 0 Å². The molecular formula is C15H15IN2O. The number of anilines is 2. The summed E-state index contributed by atoms with van der Waals surface area (Å²) in [5.74, 6) is 0. The van der Waals surface area contributed by atoms with E-state index in [0.29, 0.717) is 0 Å². The van der Waals surface area contributed by atoms with Gasteiger partial charge < -0.3 is 10.6 Å². The van der Waals surface area contributed by atoms with Crippen molar-refractivity contribution in [3.05, 3.63) is 57.2 Å². The molecule has 0 aliphatic heterocycles. The van der Waals surface area contributed by atoms with Gasteiger partial charge in [-0.1, -0.05) is 24.3 Å². The summed E-state index contributed by atoms with van der Waals surface area (Å²) in [5, 5.41) is 5.72. The van der Waals surface area contributed by atoms with Crippen molar-refractivity contribution >= 4 is 40.0 Å². The largest absolute Gasteiger partial charge is 0.323 e. The predicted molar refractivity (Wildman–Crippen MR) is 87.7 cm³/mol. The molecule has 0 aliphatic rings. The highest BCUT2D eigenvalue weighted by molar-refractivity contribution is 14.1. The summed E-state index contributed by atoms with van der Waals surface area (Å²) in [7, 11) is 0. The SMILES string of the molecule is Cc1cccc(NC(=O)Nc2ccccc2I)c1C. The van der Waals surface area contributed by atoms with Crippen LogP contribution in [0.5, 0.6) is 0 Å². The summed E-state index contributed by atoms with van der Waals surface area (Å²) < 4.78 is 1.01. The van der Waals surface area contributed by atoms with Gasteiger partial charge in [-0.05, 0) is 65.8 Å². The van der Waals surface area contributed by atoms with Crippen LogP contribution >= 0.6 is 22.6 Å². The van der Waals surface area contributed by atoms with E-state index in [1.807, 2.05) is 56.3 Å². The molecule has 0 aliphatic carbocycles. The molecule has 3 nitrogen and oxygen atoms in total. The standard InChI is InChI=1S/C15H15IN2O/c1-10-6-5-9-13(11(10)2)17-15(19)18-14-8-4-3-7-12(14)16/h3-9H,1-2H3,(H2,17,18,19). The Labute approximate surface area is 126 Å². The topological polar surface area (TPSA) is 41.1 Å². The first-order valence-electron chi connectivity index (χ1n) is 5.96. The number of urea groups is 1. The zero-order valence-corrected chi connectivity index (χ0v) is 13.0. The quantitative estimate of drug-likeness (QED) is 0.753. The van der Waals surface area contributed by atoms with E-state index in [4.69, 9.17) is 0 Å². The fourth-order valence-corrected chi connectivity index (χ4v) is 2.25. The lowest BCUT2D eigenvalue weighted by Gasteiger charge is -2.12. The molecule has 0 spiro atoms. The zero-order valence-electron chi connectivity index (χ0n) is 10.8. The number of hydrogen-bond acceptors (Lipinski definition) is 1. The fraction of sp³-hybridized carbons (Fsp3) is 0.133. The van der Waals surface area contributed by atoms with Gasteiger partial charge in [0.1, 0.15) is 0 Å². The van der Waals surface area contributed by atoms with E-state index in [0.717, 1.165) is 26.1 Å². The van der Waals surface area contributed by atoms with Crippen LogP contribution in [-0.4, -0.2) is 6.03 Å². The van der Waals surface area contributed by atoms with Gasteiger partial charge in [-0.15, -0.1) is 0 Å². The summed E-state index contributed by atoms with van der Waals surface area (Å²) >= 11 is 2.19. The molecule has 2 N–H and O–H groups in total. The Bertz CT molecular complexity index is 611. The van der Waals surface area contributed by atoms with Crippen molar-refractivity contribution in [1.29, 1.82) is 0 Å². The van der Waals surface area contributed by atoms with Gasteiger partial charge in [0, 0.05) is 9.26 Å². The molecule has 2 amide bonds. The van der Waals surface area contributed by atoms with Gasteiger partial charge in [0.05, 0.1) is 5.69 Å². The maximum absolute atomic E-state index is 12.0. The Kier molecular flexibility index (Phi) is 4.42. The van der Waals surface area contributed by atoms with E-state index in [9.17, 15) is 4.79 Å². The molecule has 2 aromatic rings. The average molecular weight is 366 g/mol. The van der Waals surface area contributed by atoms with Gasteiger partial charge in [0.25, 0.3) is 0 Å². The molecule has 0 heterocycles. The van der Waals surface area contributed by atoms with Crippen molar-refractivity contribution in [3.8, 4) is 0 Å². The molecule has 0 saturated heterocycles. The van der Waals surface area contributed by atoms with Crippen LogP contribution < -0.4 is 10.6 Å². The second-order valence-corrected chi connectivity index (χ2v) is 5.47. The third kappa shape index (κ3) is 3.47. The molecule has 4 heteroatoms. The van der Waals surface area contributed by atoms with Crippen LogP contribution in [-0.2, 0) is 0 Å². The predicted octanol–water partition coefficient (Wildman–Crippen LogP) is 4.55. The van der Waals surface area contributed by atoms with Crippen molar-refractivity contribution in [1.82, 2.24) is 0 Å². The first-order valence-corrected chi connectivity index (χ1v) is 7.04. The minimum Gasteiger partial charge on any atom is -0.307 e. The Hall–Kier alpha value is -1.56. The normalized spacial score (nSPS) is 10.1. The highest BCUT2D eigenvalue weighted by Crippen LogP contribution is 2.20. The van der Waals surface area contributed by atoms with Crippen molar-refractivity contribution in [2.24, 2.45) is 0 Å². The number of amides is 2. The molecule has 0 aromatic heterocycles. The highest BCUT2D eigenvalue weighted by Gasteiger charge is 2.07. The summed E-state index contributed by atoms with van der Waals surface area (Å²) in [4.78, 5) is 12.0. The van der Waals surface area contributed by atoms with Crippen molar-refractivity contribution in [2.45, 2.75) is 13.8 Å². The van der Waals surface area contributed by atoms with E-state index in [1.54, 1.807) is 0 Å². The van der Waals surface area contributed by atoms with Crippen LogP contribution in [0.15, 0.2) is 42.5 Å². The molecule has 0 radical (unpaired) electrons. The smallest absolute Gasteiger partial charge is 0.307 e. The molecule has 0 fully saturated rings. The third-order valence-corrected chi connectivity index (χ3v) is 3.92. The zero-order chi connectivity index (χ0) is 13.8. The lowest BCUT2D eigenvalue weighted by atomic mass is 10.1. The monoisotopic (exact) mass is 366 g/mol. The summed E-state index contributed by atoms with van der Waals surface area (Å²) in [6, 6.07) is 13.3. The maximum Gasteiger partial charge on any atom is 0.323 e. The minimum absolute atomic E-state index is 0.224. The van der Waals surface area contributed by atoms with E-state index < -0.39 is 0 Å². The third-order valence-electron chi connectivity index (χ3n) is 2.97. The molecule has 98 valence electrons. The second kappa shape index (κ2) is 6.06. The van der Waals surface area contributed by atoms with Crippen molar-refractivity contribution < 1.29 is 4.79 Å². The van der Waals surface area contributed by atoms with E-state index in [1.165, 1.54) is 0 Å². The molecular weight excluding hydrogens is 351 g/mol. The van der Waals surface area contributed by atoms with Gasteiger partial charge in [0.15, 0.2) is 0 Å². The number of aryl methyl sites for hydroxylation is 1. The first kappa shape index (κ1) is 13.9. The van der Waals surface area contributed by atoms with Gasteiger partial charge in [-0.25, -0.2) is 4.79 Å². The van der Waals surface area contributed by atoms with Gasteiger partial charge >= 0.3 is 6.03 Å². The van der Waals surface area contributed by atoms with Gasteiger partial charge in [0.2, 0.25) is 0 Å². The van der Waals surface area contributed by atoms with Crippen molar-refractivity contribution in [3.63, 3.8) is 0 Å². The lowest BCUT2D eigenvalue weighted by Crippen LogP contribution is -2.20. The molecule has 2 aromatic carbocycles. The maximum atomic E-state index is 12.0. The van der Waals surface area contributed by atoms with Crippen LogP contribution in [0.2, 0.25) is 0 Å². The van der Waals surface area contributed by atoms with Crippen LogP contribution in [0.1, 0.15) is 11.1 Å². The summed E-state index contributed by atoms with van der Waals surface area (Å²) in [6.45, 7) is 4.02. The second-order valence-electron chi connectivity index (χ2n) is 4.31. The number of rotatable bonds is 2. The van der Waals surface area contributed by atoms with E-state index in [2.05, 4.69) is 33.2 Å². The Balaban J connectivity index is 2.10. The summed E-state index contributed by atoms with van der Waals surface area (Å²) in [6.07, 6.45) is 0. The number of carbonyl (C=O) groups excluding carboxylic acids is 1. The molecule has 0 bridgehead atoms. The van der Waals surface area contributed by atoms with E-state index >= 15 is 0 Å². The number of halogens is 1. The first-order chi connectivity index (χ1) is 9.08. The number of benzene rings is 2. The summed E-state index contributed by atoms with van der Waals surface area (Å²) in [5.41, 5.74) is 3.89. The van der Waals surface area contributed by atoms with Crippen LogP contribution in [0.3, 0.4) is 0 Å². The fourth-order valence-electron chi connectivity index (χ4n) is 1.72. The van der Waals surface area contributed by atoms with Crippen LogP contribution in [0.4, 0.5) is 16.2 Å². The van der Waals surface area contributed by atoms with Crippen molar-refractivity contribution in [2.75, 3.05) is 10.6 Å². The number of carbonyl (C=O) groups is 1. The Morgan fingerprint density at radius 2 is 1.58 bits per heavy atom. The minimum atomic E-state index is -0.224. The Morgan fingerprint density at radius 3 is 2.32 bits per heavy atom. The molecule has 19 heavy (non-hydrogen) atoms. The molecule has 0 saturated carbocycles. The van der Waals surface area contributed by atoms with Crippen LogP contribution in [0, 0.1) is 17.4 Å². The van der Waals surface area contributed by atoms with Crippen LogP contribution in [0.25, 0.3) is 0 Å². The number of hydrogen-bond donors (Lipinski definition) is 2. The van der Waals surface area contributed by atoms with E-state index in [-0.39, 0.29) is 6.03 Å². The lowest BCUT2D eigenvalue weighted by molar-refractivity contribution is 0.262. The Morgan fingerprint density at radius 1 is 0.947 bits per heavy atom. The van der Waals surface area contributed by atoms with Gasteiger partial charge in [-0.2, -0.15) is 0 Å². The number of nitrogens with one attached hydrogen (secondary N) is 2.